The molecule has 0 fully saturated rings. The number of esters is 1. The van der Waals surface area contributed by atoms with Crippen LogP contribution in [0.1, 0.15) is 16.1 Å². The lowest BCUT2D eigenvalue weighted by Gasteiger charge is -2.16. The number of nitrogens with zero attached hydrogens (tertiary/aromatic N) is 5. The molecular weight excluding hydrogens is 246 g/mol. The van der Waals surface area contributed by atoms with E-state index < -0.39 is 5.97 Å². The minimum Gasteiger partial charge on any atom is -0.464 e. The molecule has 0 atom stereocenters. The number of carbonyl (C=O) groups is 1. The summed E-state index contributed by atoms with van der Waals surface area (Å²) in [6.07, 6.45) is 6.69. The van der Waals surface area contributed by atoms with Crippen molar-refractivity contribution >= 4 is 11.8 Å². The van der Waals surface area contributed by atoms with Crippen molar-refractivity contribution in [1.82, 2.24) is 19.7 Å². The predicted octanol–water partition coefficient (Wildman–Crippen LogP) is 0.633. The molecule has 2 aromatic heterocycles. The van der Waals surface area contributed by atoms with E-state index in [1.54, 1.807) is 17.1 Å². The van der Waals surface area contributed by atoms with E-state index in [4.69, 9.17) is 0 Å². The van der Waals surface area contributed by atoms with Crippen LogP contribution in [0.25, 0.3) is 0 Å². The first kappa shape index (κ1) is 13.0. The van der Waals surface area contributed by atoms with Crippen LogP contribution >= 0.6 is 0 Å². The van der Waals surface area contributed by atoms with E-state index in [2.05, 4.69) is 19.8 Å². The summed E-state index contributed by atoms with van der Waals surface area (Å²) in [5.41, 5.74) is 1.24. The van der Waals surface area contributed by atoms with Crippen molar-refractivity contribution in [2.24, 2.45) is 7.05 Å². The van der Waals surface area contributed by atoms with Crippen molar-refractivity contribution < 1.29 is 9.53 Å². The zero-order valence-electron chi connectivity index (χ0n) is 11.1. The standard InChI is InChI=1S/C12H15N5O2/c1-16(7-9-4-14-17(2)8-9)11-6-13-5-10(15-11)12(18)19-3/h4-6,8H,7H2,1-3H3. The lowest BCUT2D eigenvalue weighted by atomic mass is 10.3. The van der Waals surface area contributed by atoms with Gasteiger partial charge in [0.15, 0.2) is 5.69 Å². The third-order valence-electron chi connectivity index (χ3n) is 2.59. The summed E-state index contributed by atoms with van der Waals surface area (Å²) in [6, 6.07) is 0. The second kappa shape index (κ2) is 5.47. The van der Waals surface area contributed by atoms with E-state index in [1.165, 1.54) is 13.3 Å². The van der Waals surface area contributed by atoms with Gasteiger partial charge in [0.05, 0.1) is 25.7 Å². The molecule has 0 bridgehead atoms. The Kier molecular flexibility index (Phi) is 3.74. The maximum atomic E-state index is 11.4. The van der Waals surface area contributed by atoms with E-state index in [9.17, 15) is 4.79 Å². The first-order valence-electron chi connectivity index (χ1n) is 5.69. The van der Waals surface area contributed by atoms with Crippen molar-refractivity contribution in [1.29, 1.82) is 0 Å². The molecule has 0 N–H and O–H groups in total. The summed E-state index contributed by atoms with van der Waals surface area (Å²) < 4.78 is 6.36. The van der Waals surface area contributed by atoms with Gasteiger partial charge in [-0.2, -0.15) is 5.10 Å². The largest absolute Gasteiger partial charge is 0.464 e. The fraction of sp³-hybridized carbons (Fsp3) is 0.333. The first-order chi connectivity index (χ1) is 9.10. The Bertz CT molecular complexity index is 581. The SMILES string of the molecule is COC(=O)c1cncc(N(C)Cc2cnn(C)c2)n1. The van der Waals surface area contributed by atoms with Gasteiger partial charge in [0.25, 0.3) is 0 Å². The van der Waals surface area contributed by atoms with Gasteiger partial charge in [-0.15, -0.1) is 0 Å². The zero-order chi connectivity index (χ0) is 13.8. The summed E-state index contributed by atoms with van der Waals surface area (Å²) >= 11 is 0. The average Bonchev–Trinajstić information content (AvgIpc) is 2.83. The van der Waals surface area contributed by atoms with Crippen LogP contribution in [0.15, 0.2) is 24.8 Å². The van der Waals surface area contributed by atoms with Crippen LogP contribution in [0.3, 0.4) is 0 Å². The van der Waals surface area contributed by atoms with Gasteiger partial charge in [0.1, 0.15) is 5.82 Å². The maximum Gasteiger partial charge on any atom is 0.358 e. The number of carbonyl (C=O) groups excluding carboxylic acids is 1. The molecule has 0 saturated heterocycles. The summed E-state index contributed by atoms with van der Waals surface area (Å²) in [6.45, 7) is 0.632. The molecule has 0 spiro atoms. The molecule has 0 aromatic carbocycles. The van der Waals surface area contributed by atoms with Crippen LogP contribution < -0.4 is 4.90 Å². The molecule has 0 amide bonds. The number of rotatable bonds is 4. The zero-order valence-corrected chi connectivity index (χ0v) is 11.1. The number of aromatic nitrogens is 4. The van der Waals surface area contributed by atoms with E-state index in [0.29, 0.717) is 12.4 Å². The minimum atomic E-state index is -0.496. The highest BCUT2D eigenvalue weighted by molar-refractivity contribution is 5.87. The topological polar surface area (TPSA) is 73.1 Å². The minimum absolute atomic E-state index is 0.193. The Hall–Kier alpha value is -2.44. The lowest BCUT2D eigenvalue weighted by Crippen LogP contribution is -2.19. The molecular formula is C12H15N5O2. The Morgan fingerprint density at radius 3 is 2.84 bits per heavy atom. The molecule has 0 unspecified atom stereocenters. The maximum absolute atomic E-state index is 11.4. The first-order valence-corrected chi connectivity index (χ1v) is 5.69. The third kappa shape index (κ3) is 3.06. The highest BCUT2D eigenvalue weighted by Crippen LogP contribution is 2.12. The van der Waals surface area contributed by atoms with E-state index in [1.807, 2.05) is 25.2 Å². The number of hydrogen-bond acceptors (Lipinski definition) is 6. The van der Waals surface area contributed by atoms with Gasteiger partial charge in [-0.1, -0.05) is 0 Å². The molecule has 0 aliphatic rings. The lowest BCUT2D eigenvalue weighted by molar-refractivity contribution is 0.0593. The van der Waals surface area contributed by atoms with E-state index in [-0.39, 0.29) is 5.69 Å². The number of hydrogen-bond donors (Lipinski definition) is 0. The van der Waals surface area contributed by atoms with Gasteiger partial charge in [0, 0.05) is 32.4 Å². The van der Waals surface area contributed by atoms with Crippen LogP contribution in [-0.2, 0) is 18.3 Å². The number of aryl methyl sites for hydroxylation is 1. The summed E-state index contributed by atoms with van der Waals surface area (Å²) in [5.74, 6) is 0.107. The van der Waals surface area contributed by atoms with Gasteiger partial charge in [-0.25, -0.2) is 9.78 Å². The molecule has 0 saturated carbocycles. The van der Waals surface area contributed by atoms with Crippen LogP contribution in [0, 0.1) is 0 Å². The molecule has 0 aliphatic carbocycles. The Labute approximate surface area is 110 Å². The molecule has 0 aliphatic heterocycles. The monoisotopic (exact) mass is 261 g/mol. The average molecular weight is 261 g/mol. The molecule has 2 rings (SSSR count). The summed E-state index contributed by atoms with van der Waals surface area (Å²) in [7, 11) is 5.05. The summed E-state index contributed by atoms with van der Waals surface area (Å²) in [5, 5.41) is 4.10. The van der Waals surface area contributed by atoms with Crippen molar-refractivity contribution in [2.45, 2.75) is 6.54 Å². The number of ether oxygens (including phenoxy) is 1. The van der Waals surface area contributed by atoms with Crippen LogP contribution in [0.2, 0.25) is 0 Å². The fourth-order valence-electron chi connectivity index (χ4n) is 1.65. The van der Waals surface area contributed by atoms with Gasteiger partial charge in [0.2, 0.25) is 0 Å². The quantitative estimate of drug-likeness (QED) is 0.752. The Balaban J connectivity index is 2.14. The Morgan fingerprint density at radius 2 is 2.21 bits per heavy atom. The molecule has 2 heterocycles. The molecule has 7 nitrogen and oxygen atoms in total. The van der Waals surface area contributed by atoms with Gasteiger partial charge in [-0.3, -0.25) is 9.67 Å². The van der Waals surface area contributed by atoms with Crippen molar-refractivity contribution in [3.8, 4) is 0 Å². The van der Waals surface area contributed by atoms with E-state index >= 15 is 0 Å². The van der Waals surface area contributed by atoms with Gasteiger partial charge in [-0.05, 0) is 0 Å². The predicted molar refractivity (Wildman–Crippen MR) is 68.7 cm³/mol. The second-order valence-electron chi connectivity index (χ2n) is 4.13. The highest BCUT2D eigenvalue weighted by atomic mass is 16.5. The number of methoxy groups -OCH3 is 1. The second-order valence-corrected chi connectivity index (χ2v) is 4.13. The van der Waals surface area contributed by atoms with Crippen LogP contribution in [0.5, 0.6) is 0 Å². The third-order valence-corrected chi connectivity index (χ3v) is 2.59. The van der Waals surface area contributed by atoms with Gasteiger partial charge >= 0.3 is 5.97 Å². The van der Waals surface area contributed by atoms with Crippen molar-refractivity contribution in [2.75, 3.05) is 19.1 Å². The highest BCUT2D eigenvalue weighted by Gasteiger charge is 2.11. The normalized spacial score (nSPS) is 10.3. The molecule has 7 heteroatoms. The molecule has 19 heavy (non-hydrogen) atoms. The smallest absolute Gasteiger partial charge is 0.358 e. The fourth-order valence-corrected chi connectivity index (χ4v) is 1.65. The Morgan fingerprint density at radius 1 is 1.42 bits per heavy atom. The molecule has 2 aromatic rings. The number of anilines is 1. The molecule has 100 valence electrons. The van der Waals surface area contributed by atoms with E-state index in [0.717, 1.165) is 5.56 Å². The van der Waals surface area contributed by atoms with Gasteiger partial charge < -0.3 is 9.64 Å². The van der Waals surface area contributed by atoms with Crippen LogP contribution in [-0.4, -0.2) is 39.9 Å². The summed E-state index contributed by atoms with van der Waals surface area (Å²) in [4.78, 5) is 21.5. The van der Waals surface area contributed by atoms with Crippen molar-refractivity contribution in [3.05, 3.63) is 36.0 Å². The van der Waals surface area contributed by atoms with Crippen molar-refractivity contribution in [3.63, 3.8) is 0 Å². The molecule has 0 radical (unpaired) electrons. The van der Waals surface area contributed by atoms with Crippen LogP contribution in [0.4, 0.5) is 5.82 Å².